The van der Waals surface area contributed by atoms with E-state index in [4.69, 9.17) is 39.0 Å². The van der Waals surface area contributed by atoms with Crippen molar-refractivity contribution in [1.82, 2.24) is 39.0 Å². The number of rotatable bonds is 4. The predicted molar refractivity (Wildman–Crippen MR) is 174 cm³/mol. The molecule has 48 heavy (non-hydrogen) atoms. The van der Waals surface area contributed by atoms with Crippen LogP contribution in [0, 0.1) is 5.92 Å². The zero-order valence-corrected chi connectivity index (χ0v) is 28.9. The fourth-order valence-corrected chi connectivity index (χ4v) is 9.45. The van der Waals surface area contributed by atoms with Crippen molar-refractivity contribution in [1.29, 1.82) is 0 Å². The molecule has 0 radical (unpaired) electrons. The average molecular weight is 747 g/mol. The van der Waals surface area contributed by atoms with E-state index in [1.807, 2.05) is 6.92 Å². The van der Waals surface area contributed by atoms with Gasteiger partial charge in [-0.25, -0.2) is 29.1 Å². The van der Waals surface area contributed by atoms with Gasteiger partial charge in [0.1, 0.15) is 48.1 Å². The number of nitrogen functional groups attached to an aromatic ring is 2. The van der Waals surface area contributed by atoms with E-state index in [-0.39, 0.29) is 40.5 Å². The number of hydrogen-bond donors (Lipinski definition) is 6. The van der Waals surface area contributed by atoms with Gasteiger partial charge in [-0.05, 0) is 12.8 Å². The molecule has 20 nitrogen and oxygen atoms in total. The van der Waals surface area contributed by atoms with Crippen LogP contribution in [0.15, 0.2) is 23.8 Å². The van der Waals surface area contributed by atoms with Crippen LogP contribution in [0.25, 0.3) is 22.3 Å². The summed E-state index contributed by atoms with van der Waals surface area (Å²) in [5.41, 5.74) is 10.4. The first-order valence-corrected chi connectivity index (χ1v) is 20.1. The normalized spacial score (nSPS) is 37.6. The number of thiol groups is 2. The molecule has 0 saturated carbocycles. The smallest absolute Gasteiger partial charge is 0.386 e. The fraction of sp³-hybridized carbons (Fsp3) is 0.583. The van der Waals surface area contributed by atoms with Crippen molar-refractivity contribution >= 4 is 72.2 Å². The number of aromatic amines is 1. The van der Waals surface area contributed by atoms with Crippen molar-refractivity contribution in [2.75, 3.05) is 24.7 Å². The molecule has 10 atom stereocenters. The van der Waals surface area contributed by atoms with E-state index >= 15 is 0 Å². The van der Waals surface area contributed by atoms with E-state index in [1.54, 1.807) is 6.92 Å². The van der Waals surface area contributed by atoms with Crippen LogP contribution in [0.2, 0.25) is 0 Å². The average Bonchev–Trinajstić information content (AvgIpc) is 3.79. The number of ether oxygens (including phenoxy) is 2. The second kappa shape index (κ2) is 12.3. The maximum absolute atomic E-state index is 13.9. The van der Waals surface area contributed by atoms with E-state index in [0.717, 1.165) is 0 Å². The van der Waals surface area contributed by atoms with Gasteiger partial charge in [-0.2, -0.15) is 4.98 Å². The van der Waals surface area contributed by atoms with Crippen LogP contribution in [0.1, 0.15) is 39.1 Å². The molecule has 3 aliphatic rings. The molecule has 3 saturated heterocycles. The molecule has 2 unspecified atom stereocenters. The number of aliphatic hydroxyl groups excluding tert-OH is 1. The third-order valence-corrected chi connectivity index (χ3v) is 12.0. The van der Waals surface area contributed by atoms with Crippen LogP contribution in [0.4, 0.5) is 11.8 Å². The summed E-state index contributed by atoms with van der Waals surface area (Å²) in [5.74, 6) is -0.598. The van der Waals surface area contributed by atoms with Gasteiger partial charge in [-0.15, -0.1) is 0 Å². The highest BCUT2D eigenvalue weighted by molar-refractivity contribution is 8.44. The Morgan fingerprint density at radius 1 is 1.02 bits per heavy atom. The van der Waals surface area contributed by atoms with Crippen molar-refractivity contribution < 1.29 is 41.8 Å². The molecular weight excluding hydrogens is 714 g/mol. The number of nitrogens with one attached hydrogen (secondary N) is 1. The van der Waals surface area contributed by atoms with Crippen molar-refractivity contribution in [3.63, 3.8) is 0 Å². The third kappa shape index (κ3) is 5.75. The zero-order valence-electron chi connectivity index (χ0n) is 25.3. The number of nitrogens with two attached hydrogens (primary N) is 2. The Labute approximate surface area is 281 Å². The van der Waals surface area contributed by atoms with Crippen molar-refractivity contribution in [2.24, 2.45) is 5.92 Å². The van der Waals surface area contributed by atoms with Gasteiger partial charge in [-0.3, -0.25) is 37.0 Å². The van der Waals surface area contributed by atoms with Gasteiger partial charge in [0.15, 0.2) is 28.9 Å². The number of fused-ring (bicyclic) bond motifs is 4. The Morgan fingerprint density at radius 3 is 2.46 bits per heavy atom. The molecule has 260 valence electrons. The summed E-state index contributed by atoms with van der Waals surface area (Å²) < 4.78 is 66.9. The SMILES string of the molecule is CC[C@H]1[C@H](n2cnc3c(=O)[nH]c(N)nc32)O[C@]2(CC)COP(=O)(S)O[C@H]3[C@@H](O)[C@H](n4cnc5c(N)ncnc54)O[C@@H]3COP(=O)(S)O[C@@H]12. The Morgan fingerprint density at radius 2 is 1.73 bits per heavy atom. The second-order valence-corrected chi connectivity index (χ2v) is 17.3. The lowest BCUT2D eigenvalue weighted by Crippen LogP contribution is -2.46. The largest absolute Gasteiger partial charge is 0.386 e. The van der Waals surface area contributed by atoms with Gasteiger partial charge in [-0.1, -0.05) is 38.3 Å². The van der Waals surface area contributed by atoms with Crippen molar-refractivity contribution in [3.8, 4) is 0 Å². The van der Waals surface area contributed by atoms with Gasteiger partial charge < -0.3 is 26.0 Å². The summed E-state index contributed by atoms with van der Waals surface area (Å²) in [6, 6.07) is 0. The molecule has 4 aromatic heterocycles. The summed E-state index contributed by atoms with van der Waals surface area (Å²) in [6.45, 7) is -5.81. The van der Waals surface area contributed by atoms with Gasteiger partial charge in [0.05, 0.1) is 25.9 Å². The molecule has 0 bridgehead atoms. The van der Waals surface area contributed by atoms with Crippen molar-refractivity contribution in [2.45, 2.75) is 69.2 Å². The number of aliphatic hydroxyl groups is 1. The van der Waals surface area contributed by atoms with Crippen LogP contribution < -0.4 is 17.0 Å². The number of anilines is 2. The fourth-order valence-electron chi connectivity index (χ4n) is 6.41. The molecular formula is C24H32N10O10P2S2. The van der Waals surface area contributed by atoms with Crippen LogP contribution in [0.3, 0.4) is 0 Å². The van der Waals surface area contributed by atoms with Crippen molar-refractivity contribution in [3.05, 3.63) is 29.3 Å². The van der Waals surface area contributed by atoms with E-state index in [0.29, 0.717) is 6.42 Å². The predicted octanol–water partition coefficient (Wildman–Crippen LogP) is 1.98. The Hall–Kier alpha value is -2.62. The molecule has 24 heteroatoms. The zero-order chi connectivity index (χ0) is 34.2. The highest BCUT2D eigenvalue weighted by Crippen LogP contribution is 2.63. The molecule has 7 rings (SSSR count). The maximum Gasteiger partial charge on any atom is 0.386 e. The highest BCUT2D eigenvalue weighted by Gasteiger charge is 2.59. The summed E-state index contributed by atoms with van der Waals surface area (Å²) in [5, 5.41) is 11.4. The quantitative estimate of drug-likeness (QED) is 0.129. The Kier molecular flexibility index (Phi) is 8.68. The molecule has 0 aliphatic carbocycles. The number of hydrogen-bond acceptors (Lipinski definition) is 17. The minimum atomic E-state index is -4.29. The number of aromatic nitrogens is 8. The van der Waals surface area contributed by atoms with Crippen LogP contribution in [-0.2, 0) is 36.7 Å². The third-order valence-electron chi connectivity index (χ3n) is 8.77. The number of imidazole rings is 2. The Bertz CT molecular complexity index is 2030. The van der Waals surface area contributed by atoms with E-state index in [1.165, 1.54) is 28.1 Å². The first-order chi connectivity index (χ1) is 22.8. The van der Waals surface area contributed by atoms with E-state index in [9.17, 15) is 19.0 Å². The first-order valence-electron chi connectivity index (χ1n) is 14.7. The topological polar surface area (TPSA) is 269 Å². The second-order valence-electron chi connectivity index (χ2n) is 11.5. The Balaban J connectivity index is 1.23. The monoisotopic (exact) mass is 746 g/mol. The molecule has 0 spiro atoms. The van der Waals surface area contributed by atoms with Crippen LogP contribution in [-0.4, -0.2) is 87.4 Å². The van der Waals surface area contributed by atoms with Crippen LogP contribution >= 0.6 is 38.1 Å². The summed E-state index contributed by atoms with van der Waals surface area (Å²) >= 11 is 8.50. The van der Waals surface area contributed by atoms with Gasteiger partial charge in [0.2, 0.25) is 5.95 Å². The van der Waals surface area contributed by atoms with Gasteiger partial charge >= 0.3 is 13.6 Å². The van der Waals surface area contributed by atoms with E-state index < -0.39 is 80.8 Å². The van der Waals surface area contributed by atoms with Gasteiger partial charge in [0, 0.05) is 5.92 Å². The lowest BCUT2D eigenvalue weighted by molar-refractivity contribution is -0.124. The molecule has 7 heterocycles. The van der Waals surface area contributed by atoms with Crippen LogP contribution in [0.5, 0.6) is 0 Å². The molecule has 0 aromatic carbocycles. The minimum absolute atomic E-state index is 0.0238. The molecule has 3 fully saturated rings. The standard InChI is InChI=1S/C24H32N10O10P2S2/c1-3-10-16-24(4-2,42-21(10)34-9-30-13-19(34)31-23(26)32-20(13)36)6-40-46(38,48)43-15-11(5-39-45(37,47)44-16)41-22(14(15)35)33-8-29-12-17(25)27-7-28-18(12)33/h7-11,14-16,21-22,35H,3-6H2,1-2H3,(H,37,47)(H,38,48)(H2,25,27,28)(H3,26,31,32,36)/t10-,11-,14-,15-,16+,21-,22-,24-,45?,46?/m1/s1. The molecule has 3 aliphatic heterocycles. The number of nitrogens with zero attached hydrogens (tertiary/aromatic N) is 7. The molecule has 4 aromatic rings. The summed E-state index contributed by atoms with van der Waals surface area (Å²) in [4.78, 5) is 35.6. The first kappa shape index (κ1) is 33.9. The maximum atomic E-state index is 13.9. The molecule has 0 amide bonds. The highest BCUT2D eigenvalue weighted by atomic mass is 32.7. The molecule has 6 N–H and O–H groups in total. The summed E-state index contributed by atoms with van der Waals surface area (Å²) in [7, 11) is 0. The number of H-pyrrole nitrogens is 1. The minimum Gasteiger partial charge on any atom is -0.386 e. The summed E-state index contributed by atoms with van der Waals surface area (Å²) in [6.07, 6.45) is -2.63. The lowest BCUT2D eigenvalue weighted by atomic mass is 9.87. The van der Waals surface area contributed by atoms with Gasteiger partial charge in [0.25, 0.3) is 5.56 Å². The van der Waals surface area contributed by atoms with E-state index in [2.05, 4.69) is 54.4 Å². The lowest BCUT2D eigenvalue weighted by Gasteiger charge is -2.36.